The molecule has 0 aliphatic rings. The SMILES string of the molecule is Cc1ccc(-n2cc(C(=O)Nc3ccc(F)cc3F)nn2)cc1. The van der Waals surface area contributed by atoms with Crippen LogP contribution in [0.1, 0.15) is 16.1 Å². The average molecular weight is 314 g/mol. The molecular weight excluding hydrogens is 302 g/mol. The van der Waals surface area contributed by atoms with E-state index in [4.69, 9.17) is 0 Å². The first-order valence-corrected chi connectivity index (χ1v) is 6.79. The van der Waals surface area contributed by atoms with Crippen LogP contribution in [0.2, 0.25) is 0 Å². The van der Waals surface area contributed by atoms with Crippen LogP contribution in [0, 0.1) is 18.6 Å². The van der Waals surface area contributed by atoms with Crippen molar-refractivity contribution in [1.29, 1.82) is 0 Å². The zero-order valence-electron chi connectivity index (χ0n) is 12.1. The topological polar surface area (TPSA) is 59.8 Å². The first-order valence-electron chi connectivity index (χ1n) is 6.79. The molecule has 5 nitrogen and oxygen atoms in total. The van der Waals surface area contributed by atoms with E-state index in [9.17, 15) is 13.6 Å². The molecule has 0 bridgehead atoms. The Morgan fingerprint density at radius 2 is 1.87 bits per heavy atom. The van der Waals surface area contributed by atoms with E-state index in [1.807, 2.05) is 31.2 Å². The summed E-state index contributed by atoms with van der Waals surface area (Å²) in [6, 6.07) is 10.4. The third-order valence-corrected chi connectivity index (χ3v) is 3.20. The summed E-state index contributed by atoms with van der Waals surface area (Å²) in [5, 5.41) is 9.96. The maximum absolute atomic E-state index is 13.5. The van der Waals surface area contributed by atoms with Crippen molar-refractivity contribution in [2.24, 2.45) is 0 Å². The lowest BCUT2D eigenvalue weighted by Crippen LogP contribution is -2.13. The Morgan fingerprint density at radius 1 is 1.13 bits per heavy atom. The molecule has 1 amide bonds. The van der Waals surface area contributed by atoms with Gasteiger partial charge in [0, 0.05) is 6.07 Å². The molecule has 0 unspecified atom stereocenters. The van der Waals surface area contributed by atoms with Gasteiger partial charge in [0.1, 0.15) is 11.6 Å². The number of carbonyl (C=O) groups excluding carboxylic acids is 1. The van der Waals surface area contributed by atoms with Crippen molar-refractivity contribution in [3.8, 4) is 5.69 Å². The molecule has 0 fully saturated rings. The van der Waals surface area contributed by atoms with Gasteiger partial charge < -0.3 is 5.32 Å². The maximum atomic E-state index is 13.5. The number of carbonyl (C=O) groups is 1. The predicted octanol–water partition coefficient (Wildman–Crippen LogP) is 3.11. The van der Waals surface area contributed by atoms with Gasteiger partial charge in [-0.25, -0.2) is 13.5 Å². The van der Waals surface area contributed by atoms with Gasteiger partial charge in [-0.2, -0.15) is 0 Å². The summed E-state index contributed by atoms with van der Waals surface area (Å²) in [4.78, 5) is 12.1. The molecule has 7 heteroatoms. The minimum Gasteiger partial charge on any atom is -0.318 e. The molecule has 23 heavy (non-hydrogen) atoms. The number of halogens is 2. The molecule has 0 aliphatic heterocycles. The molecule has 0 aliphatic carbocycles. The summed E-state index contributed by atoms with van der Waals surface area (Å²) in [7, 11) is 0. The highest BCUT2D eigenvalue weighted by Crippen LogP contribution is 2.16. The lowest BCUT2D eigenvalue weighted by atomic mass is 10.2. The third-order valence-electron chi connectivity index (χ3n) is 3.20. The monoisotopic (exact) mass is 314 g/mol. The van der Waals surface area contributed by atoms with E-state index in [1.165, 1.54) is 10.9 Å². The molecule has 1 heterocycles. The second-order valence-electron chi connectivity index (χ2n) is 4.96. The fourth-order valence-corrected chi connectivity index (χ4v) is 1.97. The highest BCUT2D eigenvalue weighted by molar-refractivity contribution is 6.02. The Hall–Kier alpha value is -3.09. The van der Waals surface area contributed by atoms with Gasteiger partial charge in [0.2, 0.25) is 0 Å². The highest BCUT2D eigenvalue weighted by atomic mass is 19.1. The molecule has 1 N–H and O–H groups in total. The van der Waals surface area contributed by atoms with Crippen LogP contribution < -0.4 is 5.32 Å². The molecular formula is C16H12F2N4O. The lowest BCUT2D eigenvalue weighted by Gasteiger charge is -2.04. The smallest absolute Gasteiger partial charge is 0.277 e. The Morgan fingerprint density at radius 3 is 2.57 bits per heavy atom. The summed E-state index contributed by atoms with van der Waals surface area (Å²) < 4.78 is 27.8. The van der Waals surface area contributed by atoms with Gasteiger partial charge in [-0.3, -0.25) is 4.79 Å². The number of amides is 1. The molecule has 0 saturated heterocycles. The van der Waals surface area contributed by atoms with Gasteiger partial charge in [0.25, 0.3) is 5.91 Å². The molecule has 0 saturated carbocycles. The van der Waals surface area contributed by atoms with E-state index in [0.717, 1.165) is 23.4 Å². The third kappa shape index (κ3) is 3.23. The number of aryl methyl sites for hydroxylation is 1. The molecule has 0 spiro atoms. The van der Waals surface area contributed by atoms with Crippen molar-refractivity contribution in [3.05, 3.63) is 71.6 Å². The molecule has 3 aromatic rings. The van der Waals surface area contributed by atoms with Crippen molar-refractivity contribution in [2.75, 3.05) is 5.32 Å². The first-order chi connectivity index (χ1) is 11.0. The largest absolute Gasteiger partial charge is 0.318 e. The van der Waals surface area contributed by atoms with Crippen molar-refractivity contribution < 1.29 is 13.6 Å². The average Bonchev–Trinajstić information content (AvgIpc) is 3.01. The van der Waals surface area contributed by atoms with E-state index in [2.05, 4.69) is 15.6 Å². The van der Waals surface area contributed by atoms with E-state index in [1.54, 1.807) is 0 Å². The lowest BCUT2D eigenvalue weighted by molar-refractivity contribution is 0.102. The standard InChI is InChI=1S/C16H12F2N4O/c1-10-2-5-12(6-3-10)22-9-15(20-21-22)16(23)19-14-7-4-11(17)8-13(14)18/h2-9H,1H3,(H,19,23). The zero-order chi connectivity index (χ0) is 16.4. The van der Waals surface area contributed by atoms with Gasteiger partial charge >= 0.3 is 0 Å². The van der Waals surface area contributed by atoms with Gasteiger partial charge in [0.15, 0.2) is 5.69 Å². The van der Waals surface area contributed by atoms with Crippen LogP contribution in [-0.4, -0.2) is 20.9 Å². The number of hydrogen-bond donors (Lipinski definition) is 1. The fourth-order valence-electron chi connectivity index (χ4n) is 1.97. The summed E-state index contributed by atoms with van der Waals surface area (Å²) in [5.74, 6) is -2.20. The van der Waals surface area contributed by atoms with Gasteiger partial charge in [-0.05, 0) is 31.2 Å². The number of benzene rings is 2. The summed E-state index contributed by atoms with van der Waals surface area (Å²) in [6.07, 6.45) is 1.43. The van der Waals surface area contributed by atoms with Gasteiger partial charge in [-0.1, -0.05) is 22.9 Å². The second-order valence-corrected chi connectivity index (χ2v) is 4.96. The van der Waals surface area contributed by atoms with Crippen LogP contribution in [-0.2, 0) is 0 Å². The number of nitrogens with zero attached hydrogens (tertiary/aromatic N) is 3. The summed E-state index contributed by atoms with van der Waals surface area (Å²) in [6.45, 7) is 1.96. The maximum Gasteiger partial charge on any atom is 0.277 e. The number of aromatic nitrogens is 3. The highest BCUT2D eigenvalue weighted by Gasteiger charge is 2.14. The van der Waals surface area contributed by atoms with E-state index in [0.29, 0.717) is 6.07 Å². The molecule has 0 atom stereocenters. The molecule has 2 aromatic carbocycles. The summed E-state index contributed by atoms with van der Waals surface area (Å²) >= 11 is 0. The fraction of sp³-hybridized carbons (Fsp3) is 0.0625. The number of nitrogens with one attached hydrogen (secondary N) is 1. The van der Waals surface area contributed by atoms with E-state index < -0.39 is 17.5 Å². The Labute approximate surface area is 130 Å². The number of rotatable bonds is 3. The van der Waals surface area contributed by atoms with Crippen LogP contribution in [0.25, 0.3) is 5.69 Å². The van der Waals surface area contributed by atoms with Crippen molar-refractivity contribution in [1.82, 2.24) is 15.0 Å². The first kappa shape index (κ1) is 14.8. The summed E-state index contributed by atoms with van der Waals surface area (Å²) in [5.41, 5.74) is 1.74. The van der Waals surface area contributed by atoms with Gasteiger partial charge in [-0.15, -0.1) is 5.10 Å². The van der Waals surface area contributed by atoms with Crippen LogP contribution in [0.3, 0.4) is 0 Å². The molecule has 3 rings (SSSR count). The Bertz CT molecular complexity index is 859. The number of anilines is 1. The van der Waals surface area contributed by atoms with Crippen molar-refractivity contribution in [2.45, 2.75) is 6.92 Å². The van der Waals surface area contributed by atoms with Crippen LogP contribution in [0.4, 0.5) is 14.5 Å². The van der Waals surface area contributed by atoms with Crippen molar-refractivity contribution in [3.63, 3.8) is 0 Å². The minimum absolute atomic E-state index is 0.0225. The van der Waals surface area contributed by atoms with Crippen molar-refractivity contribution >= 4 is 11.6 Å². The second kappa shape index (κ2) is 5.96. The van der Waals surface area contributed by atoms with Crippen LogP contribution in [0.5, 0.6) is 0 Å². The Balaban J connectivity index is 1.79. The molecule has 116 valence electrons. The van der Waals surface area contributed by atoms with Crippen LogP contribution in [0.15, 0.2) is 48.7 Å². The van der Waals surface area contributed by atoms with Crippen LogP contribution >= 0.6 is 0 Å². The van der Waals surface area contributed by atoms with Gasteiger partial charge in [0.05, 0.1) is 17.6 Å². The van der Waals surface area contributed by atoms with E-state index in [-0.39, 0.29) is 11.4 Å². The predicted molar refractivity (Wildman–Crippen MR) is 80.4 cm³/mol. The number of hydrogen-bond acceptors (Lipinski definition) is 3. The zero-order valence-corrected chi connectivity index (χ0v) is 12.1. The molecule has 1 aromatic heterocycles. The molecule has 0 radical (unpaired) electrons. The Kier molecular flexibility index (Phi) is 3.84. The quantitative estimate of drug-likeness (QED) is 0.808. The minimum atomic E-state index is -0.857. The van der Waals surface area contributed by atoms with E-state index >= 15 is 0 Å². The normalized spacial score (nSPS) is 10.6.